The van der Waals surface area contributed by atoms with Gasteiger partial charge in [-0.1, -0.05) is 13.8 Å². The molecular formula is C12H21N3O. The summed E-state index contributed by atoms with van der Waals surface area (Å²) >= 11 is 0. The highest BCUT2D eigenvalue weighted by atomic mass is 16.2. The van der Waals surface area contributed by atoms with E-state index in [2.05, 4.69) is 17.2 Å². The highest BCUT2D eigenvalue weighted by Gasteiger charge is 2.16. The zero-order chi connectivity index (χ0) is 12.0. The van der Waals surface area contributed by atoms with Crippen LogP contribution in [0.2, 0.25) is 0 Å². The third kappa shape index (κ3) is 3.08. The number of hydrogen-bond donors (Lipinski definition) is 1. The van der Waals surface area contributed by atoms with Gasteiger partial charge in [-0.2, -0.15) is 0 Å². The minimum absolute atomic E-state index is 0.0669. The quantitative estimate of drug-likeness (QED) is 0.801. The number of imidazole rings is 1. The molecule has 1 rings (SSSR count). The Morgan fingerprint density at radius 1 is 1.50 bits per heavy atom. The zero-order valence-corrected chi connectivity index (χ0v) is 10.4. The first-order valence-corrected chi connectivity index (χ1v) is 6.00. The van der Waals surface area contributed by atoms with Crippen molar-refractivity contribution in [2.75, 3.05) is 6.54 Å². The first-order valence-electron chi connectivity index (χ1n) is 6.00. The molecule has 0 fully saturated rings. The Kier molecular flexibility index (Phi) is 5.02. The van der Waals surface area contributed by atoms with Crippen LogP contribution in [-0.2, 0) is 11.2 Å². The van der Waals surface area contributed by atoms with E-state index in [1.807, 2.05) is 24.6 Å². The summed E-state index contributed by atoms with van der Waals surface area (Å²) in [6, 6.07) is -0.171. The van der Waals surface area contributed by atoms with Gasteiger partial charge in [0, 0.05) is 25.4 Å². The highest BCUT2D eigenvalue weighted by Crippen LogP contribution is 2.10. The van der Waals surface area contributed by atoms with Gasteiger partial charge in [0.15, 0.2) is 0 Å². The van der Waals surface area contributed by atoms with Crippen molar-refractivity contribution in [2.45, 2.75) is 46.1 Å². The van der Waals surface area contributed by atoms with Crippen LogP contribution in [0.25, 0.3) is 0 Å². The molecule has 0 radical (unpaired) electrons. The largest absolute Gasteiger partial charge is 0.354 e. The average molecular weight is 223 g/mol. The summed E-state index contributed by atoms with van der Waals surface area (Å²) in [7, 11) is 0. The Morgan fingerprint density at radius 3 is 2.88 bits per heavy atom. The molecule has 1 aromatic rings. The van der Waals surface area contributed by atoms with E-state index in [4.69, 9.17) is 0 Å². The molecule has 1 amide bonds. The van der Waals surface area contributed by atoms with Gasteiger partial charge in [-0.15, -0.1) is 0 Å². The summed E-state index contributed by atoms with van der Waals surface area (Å²) in [6.45, 7) is 6.80. The van der Waals surface area contributed by atoms with Crippen LogP contribution in [0.15, 0.2) is 12.4 Å². The van der Waals surface area contributed by atoms with Crippen molar-refractivity contribution >= 4 is 5.91 Å². The lowest BCUT2D eigenvalue weighted by molar-refractivity contribution is -0.123. The number of carbonyl (C=O) groups is 1. The second-order valence-electron chi connectivity index (χ2n) is 3.97. The maximum absolute atomic E-state index is 11.8. The maximum atomic E-state index is 11.8. The number of carbonyl (C=O) groups excluding carboxylic acids is 1. The van der Waals surface area contributed by atoms with Crippen LogP contribution in [0.5, 0.6) is 0 Å². The van der Waals surface area contributed by atoms with Crippen LogP contribution < -0.4 is 5.32 Å². The smallest absolute Gasteiger partial charge is 0.242 e. The Balaban J connectivity index is 2.67. The molecule has 0 aliphatic rings. The average Bonchev–Trinajstić information content (AvgIpc) is 2.73. The molecular weight excluding hydrogens is 202 g/mol. The molecule has 0 aliphatic heterocycles. The van der Waals surface area contributed by atoms with Gasteiger partial charge >= 0.3 is 0 Å². The fourth-order valence-electron chi connectivity index (χ4n) is 1.64. The van der Waals surface area contributed by atoms with E-state index < -0.39 is 0 Å². The van der Waals surface area contributed by atoms with Gasteiger partial charge in [-0.05, 0) is 19.8 Å². The molecule has 0 bridgehead atoms. The normalized spacial score (nSPS) is 12.4. The Hall–Kier alpha value is -1.32. The van der Waals surface area contributed by atoms with Gasteiger partial charge in [-0.3, -0.25) is 4.79 Å². The SMILES string of the molecule is CCCNC(=O)C(C)n1ccnc1CCC. The summed E-state index contributed by atoms with van der Waals surface area (Å²) in [5, 5.41) is 2.90. The molecule has 4 nitrogen and oxygen atoms in total. The highest BCUT2D eigenvalue weighted by molar-refractivity contribution is 5.79. The molecule has 0 aliphatic carbocycles. The van der Waals surface area contributed by atoms with Crippen molar-refractivity contribution in [1.29, 1.82) is 0 Å². The molecule has 4 heteroatoms. The second kappa shape index (κ2) is 6.30. The van der Waals surface area contributed by atoms with Gasteiger partial charge < -0.3 is 9.88 Å². The van der Waals surface area contributed by atoms with Gasteiger partial charge in [0.05, 0.1) is 0 Å². The van der Waals surface area contributed by atoms with E-state index in [0.29, 0.717) is 0 Å². The number of hydrogen-bond acceptors (Lipinski definition) is 2. The summed E-state index contributed by atoms with van der Waals surface area (Å²) in [5.74, 6) is 1.05. The number of aryl methyl sites for hydroxylation is 1. The maximum Gasteiger partial charge on any atom is 0.242 e. The van der Waals surface area contributed by atoms with Crippen molar-refractivity contribution < 1.29 is 4.79 Å². The van der Waals surface area contributed by atoms with Crippen LogP contribution in [0.1, 0.15) is 45.5 Å². The van der Waals surface area contributed by atoms with Crippen LogP contribution in [0.4, 0.5) is 0 Å². The van der Waals surface area contributed by atoms with E-state index in [1.54, 1.807) is 6.20 Å². The number of amides is 1. The van der Waals surface area contributed by atoms with E-state index in [0.717, 1.165) is 31.6 Å². The van der Waals surface area contributed by atoms with Crippen molar-refractivity contribution in [3.63, 3.8) is 0 Å². The van der Waals surface area contributed by atoms with E-state index in [9.17, 15) is 4.79 Å². The Labute approximate surface area is 97.1 Å². The van der Waals surface area contributed by atoms with Crippen molar-refractivity contribution in [3.8, 4) is 0 Å². The van der Waals surface area contributed by atoms with Crippen LogP contribution in [0.3, 0.4) is 0 Å². The van der Waals surface area contributed by atoms with Gasteiger partial charge in [0.25, 0.3) is 0 Å². The lowest BCUT2D eigenvalue weighted by atomic mass is 10.2. The molecule has 16 heavy (non-hydrogen) atoms. The zero-order valence-electron chi connectivity index (χ0n) is 10.4. The molecule has 0 spiro atoms. The predicted octanol–water partition coefficient (Wildman–Crippen LogP) is 1.92. The second-order valence-corrected chi connectivity index (χ2v) is 3.97. The number of rotatable bonds is 6. The first-order chi connectivity index (χ1) is 7.70. The lowest BCUT2D eigenvalue weighted by Gasteiger charge is -2.15. The van der Waals surface area contributed by atoms with E-state index in [-0.39, 0.29) is 11.9 Å². The minimum atomic E-state index is -0.171. The summed E-state index contributed by atoms with van der Waals surface area (Å²) in [6.07, 6.45) is 6.55. The predicted molar refractivity (Wildman–Crippen MR) is 64.2 cm³/mol. The van der Waals surface area contributed by atoms with Gasteiger partial charge in [0.1, 0.15) is 11.9 Å². The molecule has 0 aromatic carbocycles. The van der Waals surface area contributed by atoms with Gasteiger partial charge in [0.2, 0.25) is 5.91 Å². The van der Waals surface area contributed by atoms with E-state index >= 15 is 0 Å². The fraction of sp³-hybridized carbons (Fsp3) is 0.667. The van der Waals surface area contributed by atoms with Crippen molar-refractivity contribution in [1.82, 2.24) is 14.9 Å². The molecule has 0 saturated heterocycles. The standard InChI is InChI=1S/C12H21N3O/c1-4-6-11-13-8-9-15(11)10(3)12(16)14-7-5-2/h8-10H,4-7H2,1-3H3,(H,14,16). The molecule has 1 atom stereocenters. The molecule has 1 N–H and O–H groups in total. The number of nitrogens with zero attached hydrogens (tertiary/aromatic N) is 2. The topological polar surface area (TPSA) is 46.9 Å². The van der Waals surface area contributed by atoms with Crippen molar-refractivity contribution in [2.24, 2.45) is 0 Å². The third-order valence-electron chi connectivity index (χ3n) is 2.57. The fourth-order valence-corrected chi connectivity index (χ4v) is 1.64. The summed E-state index contributed by atoms with van der Waals surface area (Å²) in [5.41, 5.74) is 0. The Bertz CT molecular complexity index is 333. The molecule has 90 valence electrons. The van der Waals surface area contributed by atoms with Crippen LogP contribution in [-0.4, -0.2) is 22.0 Å². The summed E-state index contributed by atoms with van der Waals surface area (Å²) in [4.78, 5) is 16.1. The first kappa shape index (κ1) is 12.7. The monoisotopic (exact) mass is 223 g/mol. The van der Waals surface area contributed by atoms with E-state index in [1.165, 1.54) is 0 Å². The Morgan fingerprint density at radius 2 is 2.25 bits per heavy atom. The lowest BCUT2D eigenvalue weighted by Crippen LogP contribution is -2.31. The van der Waals surface area contributed by atoms with Crippen LogP contribution in [0, 0.1) is 0 Å². The van der Waals surface area contributed by atoms with Crippen molar-refractivity contribution in [3.05, 3.63) is 18.2 Å². The molecule has 1 heterocycles. The molecule has 0 saturated carbocycles. The molecule has 1 aromatic heterocycles. The summed E-state index contributed by atoms with van der Waals surface area (Å²) < 4.78 is 1.95. The minimum Gasteiger partial charge on any atom is -0.354 e. The van der Waals surface area contributed by atoms with Gasteiger partial charge in [-0.25, -0.2) is 4.98 Å². The molecule has 1 unspecified atom stereocenters. The third-order valence-corrected chi connectivity index (χ3v) is 2.57. The van der Waals surface area contributed by atoms with Crippen LogP contribution >= 0.6 is 0 Å². The number of aromatic nitrogens is 2. The number of nitrogens with one attached hydrogen (secondary N) is 1.